The molecule has 0 fully saturated rings. The number of nitrogens with one attached hydrogen (secondary N) is 2. The first kappa shape index (κ1) is 6.84. The normalized spacial score (nSPS) is 10.3. The molecule has 0 bridgehead atoms. The Kier molecular flexibility index (Phi) is 1.33. The lowest BCUT2D eigenvalue weighted by Gasteiger charge is -1.88. The number of aromatic amines is 2. The van der Waals surface area contributed by atoms with E-state index in [2.05, 4.69) is 9.97 Å². The third-order valence-corrected chi connectivity index (χ3v) is 1.68. The van der Waals surface area contributed by atoms with Crippen LogP contribution in [-0.2, 0) is 0 Å². The first-order chi connectivity index (χ1) is 5.79. The van der Waals surface area contributed by atoms with Crippen molar-refractivity contribution >= 4 is 17.3 Å². The Hall–Kier alpha value is -1.84. The Morgan fingerprint density at radius 1 is 1.17 bits per heavy atom. The average molecular weight is 162 g/mol. The van der Waals surface area contributed by atoms with E-state index in [1.807, 2.05) is 0 Å². The van der Waals surface area contributed by atoms with Crippen LogP contribution in [0.3, 0.4) is 0 Å². The largest absolute Gasteiger partial charge is 0.323 e. The number of benzene rings is 1. The molecule has 4 nitrogen and oxygen atoms in total. The van der Waals surface area contributed by atoms with Crippen molar-refractivity contribution in [2.24, 2.45) is 0 Å². The minimum Gasteiger partial charge on any atom is -0.306 e. The van der Waals surface area contributed by atoms with Crippen LogP contribution in [0, 0.1) is 0 Å². The SMILES string of the molecule is O=Cc1ccc2[nH]c(=O)[nH]c2c1. The van der Waals surface area contributed by atoms with E-state index in [0.29, 0.717) is 16.6 Å². The molecule has 2 N–H and O–H groups in total. The van der Waals surface area contributed by atoms with Gasteiger partial charge in [0, 0.05) is 5.56 Å². The fourth-order valence-corrected chi connectivity index (χ4v) is 1.12. The number of H-pyrrole nitrogens is 2. The van der Waals surface area contributed by atoms with Gasteiger partial charge in [-0.2, -0.15) is 0 Å². The molecule has 0 aliphatic rings. The molecule has 12 heavy (non-hydrogen) atoms. The average Bonchev–Trinajstić information content (AvgIpc) is 2.43. The molecule has 2 aromatic rings. The zero-order valence-corrected chi connectivity index (χ0v) is 6.13. The van der Waals surface area contributed by atoms with E-state index in [0.717, 1.165) is 6.29 Å². The van der Waals surface area contributed by atoms with E-state index < -0.39 is 0 Å². The van der Waals surface area contributed by atoms with Crippen LogP contribution in [0.25, 0.3) is 11.0 Å². The van der Waals surface area contributed by atoms with Crippen LogP contribution < -0.4 is 5.69 Å². The van der Waals surface area contributed by atoms with E-state index in [1.165, 1.54) is 0 Å². The summed E-state index contributed by atoms with van der Waals surface area (Å²) in [6.45, 7) is 0. The maximum Gasteiger partial charge on any atom is 0.323 e. The highest BCUT2D eigenvalue weighted by Crippen LogP contribution is 2.07. The van der Waals surface area contributed by atoms with Crippen molar-refractivity contribution in [2.75, 3.05) is 0 Å². The molecule has 0 aliphatic carbocycles. The number of rotatable bonds is 1. The molecule has 0 aliphatic heterocycles. The van der Waals surface area contributed by atoms with Crippen LogP contribution >= 0.6 is 0 Å². The number of carbonyl (C=O) groups is 1. The number of hydrogen-bond acceptors (Lipinski definition) is 2. The summed E-state index contributed by atoms with van der Waals surface area (Å²) in [6, 6.07) is 4.97. The second kappa shape index (κ2) is 2.34. The van der Waals surface area contributed by atoms with Gasteiger partial charge in [0.15, 0.2) is 0 Å². The Morgan fingerprint density at radius 3 is 2.67 bits per heavy atom. The lowest BCUT2D eigenvalue weighted by atomic mass is 10.2. The molecule has 0 spiro atoms. The molecular weight excluding hydrogens is 156 g/mol. The van der Waals surface area contributed by atoms with Gasteiger partial charge in [-0.15, -0.1) is 0 Å². The van der Waals surface area contributed by atoms with Gasteiger partial charge in [-0.25, -0.2) is 4.79 Å². The smallest absolute Gasteiger partial charge is 0.306 e. The Morgan fingerprint density at radius 2 is 1.92 bits per heavy atom. The van der Waals surface area contributed by atoms with E-state index in [4.69, 9.17) is 0 Å². The van der Waals surface area contributed by atoms with E-state index >= 15 is 0 Å². The van der Waals surface area contributed by atoms with Gasteiger partial charge >= 0.3 is 5.69 Å². The van der Waals surface area contributed by atoms with Crippen LogP contribution in [0.4, 0.5) is 0 Å². The first-order valence-corrected chi connectivity index (χ1v) is 3.47. The predicted molar refractivity (Wildman–Crippen MR) is 44.3 cm³/mol. The van der Waals surface area contributed by atoms with Crippen molar-refractivity contribution in [3.63, 3.8) is 0 Å². The lowest BCUT2D eigenvalue weighted by molar-refractivity contribution is 0.112. The second-order valence-electron chi connectivity index (χ2n) is 2.50. The van der Waals surface area contributed by atoms with E-state index in [-0.39, 0.29) is 5.69 Å². The summed E-state index contributed by atoms with van der Waals surface area (Å²) < 4.78 is 0. The third kappa shape index (κ3) is 0.934. The van der Waals surface area contributed by atoms with E-state index in [1.54, 1.807) is 18.2 Å². The first-order valence-electron chi connectivity index (χ1n) is 3.47. The van der Waals surface area contributed by atoms with Crippen molar-refractivity contribution in [3.8, 4) is 0 Å². The van der Waals surface area contributed by atoms with Gasteiger partial charge in [0.1, 0.15) is 6.29 Å². The number of aldehydes is 1. The highest BCUT2D eigenvalue weighted by molar-refractivity contribution is 5.84. The molecule has 0 unspecified atom stereocenters. The Balaban J connectivity index is 2.82. The number of hydrogen-bond donors (Lipinski definition) is 2. The minimum atomic E-state index is -0.256. The Labute approximate surface area is 67.2 Å². The quantitative estimate of drug-likeness (QED) is 0.605. The van der Waals surface area contributed by atoms with Crippen molar-refractivity contribution in [2.45, 2.75) is 0 Å². The molecule has 0 amide bonds. The van der Waals surface area contributed by atoms with Crippen LogP contribution in [0.1, 0.15) is 10.4 Å². The maximum atomic E-state index is 10.8. The van der Waals surface area contributed by atoms with Gasteiger partial charge in [0.2, 0.25) is 0 Å². The molecule has 2 rings (SSSR count). The van der Waals surface area contributed by atoms with Gasteiger partial charge in [0.25, 0.3) is 0 Å². The summed E-state index contributed by atoms with van der Waals surface area (Å²) >= 11 is 0. The number of aromatic nitrogens is 2. The zero-order valence-electron chi connectivity index (χ0n) is 6.13. The van der Waals surface area contributed by atoms with Crippen molar-refractivity contribution < 1.29 is 4.79 Å². The van der Waals surface area contributed by atoms with Crippen molar-refractivity contribution in [1.82, 2.24) is 9.97 Å². The summed E-state index contributed by atoms with van der Waals surface area (Å²) in [5.41, 5.74) is 1.67. The molecule has 0 saturated heterocycles. The summed E-state index contributed by atoms with van der Waals surface area (Å²) in [5, 5.41) is 0. The van der Waals surface area contributed by atoms with Crippen LogP contribution in [0.2, 0.25) is 0 Å². The van der Waals surface area contributed by atoms with E-state index in [9.17, 15) is 9.59 Å². The second-order valence-corrected chi connectivity index (χ2v) is 2.50. The fraction of sp³-hybridized carbons (Fsp3) is 0. The van der Waals surface area contributed by atoms with Gasteiger partial charge < -0.3 is 9.97 Å². The molecular formula is C8H6N2O2. The van der Waals surface area contributed by atoms with Gasteiger partial charge in [-0.05, 0) is 18.2 Å². The fourth-order valence-electron chi connectivity index (χ4n) is 1.12. The van der Waals surface area contributed by atoms with Crippen LogP contribution in [0.5, 0.6) is 0 Å². The predicted octanol–water partition coefficient (Wildman–Crippen LogP) is 0.669. The highest BCUT2D eigenvalue weighted by atomic mass is 16.1. The summed E-state index contributed by atoms with van der Waals surface area (Å²) in [7, 11) is 0. The van der Waals surface area contributed by atoms with Gasteiger partial charge in [-0.3, -0.25) is 4.79 Å². The van der Waals surface area contributed by atoms with Crippen LogP contribution in [0.15, 0.2) is 23.0 Å². The van der Waals surface area contributed by atoms with Crippen molar-refractivity contribution in [1.29, 1.82) is 0 Å². The summed E-state index contributed by atoms with van der Waals surface area (Å²) in [6.07, 6.45) is 0.741. The minimum absolute atomic E-state index is 0.256. The van der Waals surface area contributed by atoms with Gasteiger partial charge in [-0.1, -0.05) is 0 Å². The number of fused-ring (bicyclic) bond motifs is 1. The zero-order chi connectivity index (χ0) is 8.55. The molecule has 0 saturated carbocycles. The standard InChI is InChI=1S/C8H6N2O2/c11-4-5-1-2-6-7(3-5)10-8(12)9-6/h1-4H,(H2,9,10,12). The van der Waals surface area contributed by atoms with Crippen molar-refractivity contribution in [3.05, 3.63) is 34.2 Å². The molecule has 60 valence electrons. The third-order valence-electron chi connectivity index (χ3n) is 1.68. The number of carbonyl (C=O) groups excluding carboxylic acids is 1. The van der Waals surface area contributed by atoms with Crippen LogP contribution in [-0.4, -0.2) is 16.3 Å². The molecule has 1 heterocycles. The molecule has 0 radical (unpaired) electrons. The highest BCUT2D eigenvalue weighted by Gasteiger charge is 1.97. The Bertz CT molecular complexity index is 481. The van der Waals surface area contributed by atoms with Gasteiger partial charge in [0.05, 0.1) is 11.0 Å². The number of imidazole rings is 1. The molecule has 1 aromatic carbocycles. The topological polar surface area (TPSA) is 65.7 Å². The molecule has 4 heteroatoms. The summed E-state index contributed by atoms with van der Waals surface area (Å²) in [5.74, 6) is 0. The monoisotopic (exact) mass is 162 g/mol. The molecule has 0 atom stereocenters. The maximum absolute atomic E-state index is 10.8. The lowest BCUT2D eigenvalue weighted by Crippen LogP contribution is -1.99. The summed E-state index contributed by atoms with van der Waals surface area (Å²) in [4.78, 5) is 26.3. The molecule has 1 aromatic heterocycles.